The molecule has 1 atom stereocenters. The predicted octanol–water partition coefficient (Wildman–Crippen LogP) is 4.15. The second-order valence-electron chi connectivity index (χ2n) is 2.51. The second kappa shape index (κ2) is 5.14. The summed E-state index contributed by atoms with van der Waals surface area (Å²) >= 11 is 10.2. The fourth-order valence-electron chi connectivity index (χ4n) is 0.947. The lowest BCUT2D eigenvalue weighted by molar-refractivity contribution is 1.15. The topological polar surface area (TPSA) is 23.8 Å². The van der Waals surface area contributed by atoms with Crippen LogP contribution in [-0.4, -0.2) is 5.33 Å². The Morgan fingerprint density at radius 2 is 2.08 bits per heavy atom. The van der Waals surface area contributed by atoms with Crippen molar-refractivity contribution in [2.45, 2.75) is 4.83 Å². The van der Waals surface area contributed by atoms with Gasteiger partial charge in [0.1, 0.15) is 0 Å². The molecule has 0 aliphatic rings. The van der Waals surface area contributed by atoms with E-state index < -0.39 is 0 Å². The largest absolute Gasteiger partial charge is 0.192 e. The van der Waals surface area contributed by atoms with E-state index in [1.807, 2.05) is 12.1 Å². The van der Waals surface area contributed by atoms with Gasteiger partial charge in [-0.1, -0.05) is 47.8 Å². The van der Waals surface area contributed by atoms with Crippen molar-refractivity contribution in [1.82, 2.24) is 0 Å². The summed E-state index contributed by atoms with van der Waals surface area (Å²) in [7, 11) is 0. The third-order valence-electron chi connectivity index (χ3n) is 1.55. The Labute approximate surface area is 103 Å². The summed E-state index contributed by atoms with van der Waals surface area (Å²) in [6.45, 7) is 0. The van der Waals surface area contributed by atoms with E-state index in [-0.39, 0.29) is 4.83 Å². The molecule has 13 heavy (non-hydrogen) atoms. The number of halogens is 3. The van der Waals surface area contributed by atoms with E-state index in [1.54, 1.807) is 6.07 Å². The van der Waals surface area contributed by atoms with Crippen LogP contribution >= 0.6 is 47.8 Å². The smallest absolute Gasteiger partial charge is 0.0992 e. The number of alkyl halides is 2. The number of benzene rings is 1. The summed E-state index contributed by atoms with van der Waals surface area (Å²) in [6, 6.07) is 7.81. The van der Waals surface area contributed by atoms with Gasteiger partial charge in [-0.05, 0) is 23.8 Å². The highest BCUT2D eigenvalue weighted by Crippen LogP contribution is 2.28. The van der Waals surface area contributed by atoms with Crippen LogP contribution in [0.4, 0.5) is 0 Å². The maximum Gasteiger partial charge on any atom is 0.0992 e. The van der Waals surface area contributed by atoms with Crippen molar-refractivity contribution in [3.05, 3.63) is 33.8 Å². The quantitative estimate of drug-likeness (QED) is 0.720. The molecule has 0 heterocycles. The number of hydrogen-bond donors (Lipinski definition) is 0. The summed E-state index contributed by atoms with van der Waals surface area (Å²) in [6.07, 6.45) is 0. The molecule has 1 aromatic rings. The van der Waals surface area contributed by atoms with Crippen LogP contribution in [0.3, 0.4) is 0 Å². The van der Waals surface area contributed by atoms with Crippen molar-refractivity contribution in [3.63, 3.8) is 0 Å². The highest BCUT2D eigenvalue weighted by molar-refractivity contribution is 9.12. The molecule has 0 amide bonds. The van der Waals surface area contributed by atoms with Crippen LogP contribution in [0.1, 0.15) is 16.0 Å². The van der Waals surface area contributed by atoms with Gasteiger partial charge in [0.2, 0.25) is 0 Å². The molecule has 0 aliphatic carbocycles. The van der Waals surface area contributed by atoms with Gasteiger partial charge in [-0.3, -0.25) is 0 Å². The van der Waals surface area contributed by atoms with E-state index in [9.17, 15) is 0 Å². The first-order chi connectivity index (χ1) is 6.17. The van der Waals surface area contributed by atoms with Crippen LogP contribution in [0.25, 0.3) is 0 Å². The van der Waals surface area contributed by atoms with E-state index in [1.165, 1.54) is 0 Å². The molecule has 0 aliphatic heterocycles. The molecule has 4 heteroatoms. The third-order valence-corrected chi connectivity index (χ3v) is 4.37. The molecule has 0 spiro atoms. The molecule has 1 nitrogen and oxygen atoms in total. The minimum atomic E-state index is 0.247. The minimum absolute atomic E-state index is 0.247. The summed E-state index contributed by atoms with van der Waals surface area (Å²) in [5.74, 6) is 0. The monoisotopic (exact) mass is 365 g/mol. The van der Waals surface area contributed by atoms with Crippen LogP contribution in [0.15, 0.2) is 22.7 Å². The molecule has 0 N–H and O–H groups in total. The van der Waals surface area contributed by atoms with Crippen molar-refractivity contribution in [2.24, 2.45) is 0 Å². The zero-order valence-corrected chi connectivity index (χ0v) is 11.4. The predicted molar refractivity (Wildman–Crippen MR) is 64.3 cm³/mol. The van der Waals surface area contributed by atoms with E-state index >= 15 is 0 Å². The molecule has 1 unspecified atom stereocenters. The van der Waals surface area contributed by atoms with Crippen LogP contribution in [0.5, 0.6) is 0 Å². The van der Waals surface area contributed by atoms with Gasteiger partial charge in [0.05, 0.1) is 11.6 Å². The lowest BCUT2D eigenvalue weighted by atomic mass is 10.1. The van der Waals surface area contributed by atoms with Gasteiger partial charge < -0.3 is 0 Å². The fourth-order valence-corrected chi connectivity index (χ4v) is 2.10. The lowest BCUT2D eigenvalue weighted by Crippen LogP contribution is -1.91. The highest BCUT2D eigenvalue weighted by atomic mass is 79.9. The van der Waals surface area contributed by atoms with Gasteiger partial charge in [-0.2, -0.15) is 5.26 Å². The molecule has 0 bridgehead atoms. The van der Waals surface area contributed by atoms with E-state index in [2.05, 4.69) is 53.9 Å². The Kier molecular flexibility index (Phi) is 4.43. The molecule has 1 aromatic carbocycles. The normalized spacial score (nSPS) is 12.2. The third kappa shape index (κ3) is 3.08. The van der Waals surface area contributed by atoms with Crippen molar-refractivity contribution < 1.29 is 0 Å². The maximum atomic E-state index is 8.74. The first-order valence-electron chi connectivity index (χ1n) is 3.58. The average molecular weight is 368 g/mol. The average Bonchev–Trinajstić information content (AvgIpc) is 2.15. The molecule has 0 aromatic heterocycles. The van der Waals surface area contributed by atoms with Gasteiger partial charge >= 0.3 is 0 Å². The Balaban J connectivity index is 3.10. The zero-order valence-electron chi connectivity index (χ0n) is 6.60. The van der Waals surface area contributed by atoms with E-state index in [0.717, 1.165) is 15.4 Å². The Morgan fingerprint density at radius 3 is 2.62 bits per heavy atom. The number of nitrogens with zero attached hydrogens (tertiary/aromatic N) is 1. The molecule has 0 saturated heterocycles. The minimum Gasteiger partial charge on any atom is -0.192 e. The van der Waals surface area contributed by atoms with Crippen LogP contribution in [0.2, 0.25) is 0 Å². The zero-order chi connectivity index (χ0) is 9.84. The molecule has 0 fully saturated rings. The maximum absolute atomic E-state index is 8.74. The first-order valence-corrected chi connectivity index (χ1v) is 6.41. The Morgan fingerprint density at radius 1 is 1.38 bits per heavy atom. The molecule has 0 saturated carbocycles. The van der Waals surface area contributed by atoms with Crippen LogP contribution < -0.4 is 0 Å². The van der Waals surface area contributed by atoms with Gasteiger partial charge in [-0.15, -0.1) is 0 Å². The van der Waals surface area contributed by atoms with Gasteiger partial charge in [0.25, 0.3) is 0 Å². The summed E-state index contributed by atoms with van der Waals surface area (Å²) in [4.78, 5) is 0.247. The van der Waals surface area contributed by atoms with Crippen molar-refractivity contribution in [2.75, 3.05) is 5.33 Å². The fraction of sp³-hybridized carbons (Fsp3) is 0.222. The first kappa shape index (κ1) is 11.2. The van der Waals surface area contributed by atoms with Crippen molar-refractivity contribution in [1.29, 1.82) is 5.26 Å². The highest BCUT2D eigenvalue weighted by Gasteiger charge is 2.07. The lowest BCUT2D eigenvalue weighted by Gasteiger charge is -2.06. The van der Waals surface area contributed by atoms with Crippen LogP contribution in [0, 0.1) is 11.3 Å². The molecule has 68 valence electrons. The molecule has 1 rings (SSSR count). The number of hydrogen-bond acceptors (Lipinski definition) is 1. The summed E-state index contributed by atoms with van der Waals surface area (Å²) in [5.41, 5.74) is 1.78. The second-order valence-corrected chi connectivity index (χ2v) is 5.18. The SMILES string of the molecule is N#Cc1cc(Br)cc(C(Br)CBr)c1. The van der Waals surface area contributed by atoms with Gasteiger partial charge in [-0.25, -0.2) is 0 Å². The van der Waals surface area contributed by atoms with Crippen molar-refractivity contribution in [3.8, 4) is 6.07 Å². The van der Waals surface area contributed by atoms with Crippen molar-refractivity contribution >= 4 is 47.8 Å². The van der Waals surface area contributed by atoms with Gasteiger partial charge in [0.15, 0.2) is 0 Å². The molecular weight excluding hydrogens is 362 g/mol. The van der Waals surface area contributed by atoms with E-state index in [0.29, 0.717) is 5.56 Å². The number of rotatable bonds is 2. The standard InChI is InChI=1S/C9H6Br3N/c10-4-9(12)7-1-6(5-13)2-8(11)3-7/h1-3,9H,4H2. The number of nitriles is 1. The van der Waals surface area contributed by atoms with Gasteiger partial charge in [0, 0.05) is 14.6 Å². The molecular formula is C9H6Br3N. The summed E-state index contributed by atoms with van der Waals surface area (Å²) in [5, 5.41) is 9.57. The Hall–Kier alpha value is 0.150. The molecule has 0 radical (unpaired) electrons. The Bertz CT molecular complexity index is 343. The van der Waals surface area contributed by atoms with E-state index in [4.69, 9.17) is 5.26 Å². The van der Waals surface area contributed by atoms with Crippen LogP contribution in [-0.2, 0) is 0 Å². The summed E-state index contributed by atoms with van der Waals surface area (Å²) < 4.78 is 0.937.